The van der Waals surface area contributed by atoms with Crippen LogP contribution in [0.25, 0.3) is 0 Å². The molecule has 22 heavy (non-hydrogen) atoms. The number of nitrogens with one attached hydrogen (secondary N) is 1. The summed E-state index contributed by atoms with van der Waals surface area (Å²) in [6.45, 7) is 2.77. The quantitative estimate of drug-likeness (QED) is 0.361. The van der Waals surface area contributed by atoms with Crippen molar-refractivity contribution in [2.45, 2.75) is 19.8 Å². The van der Waals surface area contributed by atoms with E-state index in [1.807, 2.05) is 13.0 Å². The Bertz CT molecular complexity index is 619. The normalized spacial score (nSPS) is 10.7. The second kappa shape index (κ2) is 8.42. The van der Waals surface area contributed by atoms with Gasteiger partial charge in [0.1, 0.15) is 17.3 Å². The standard InChI is InChI=1S/C15H18N4O3/c1-3-4-9-18(2)11-12(10-16)15(20)17-13-7-5-6-8-14(13)19(21)22/h5-8,11H,3-4,9H2,1-2H3,(H,17,20)/b12-11-. The molecule has 0 spiro atoms. The minimum absolute atomic E-state index is 0.0647. The van der Waals surface area contributed by atoms with Crippen molar-refractivity contribution in [2.75, 3.05) is 18.9 Å². The molecule has 0 fully saturated rings. The first-order chi connectivity index (χ1) is 10.5. The van der Waals surface area contributed by atoms with Gasteiger partial charge in [0, 0.05) is 25.9 Å². The maximum atomic E-state index is 12.1. The van der Waals surface area contributed by atoms with Crippen LogP contribution in [0, 0.1) is 21.4 Å². The summed E-state index contributed by atoms with van der Waals surface area (Å²) < 4.78 is 0. The molecule has 1 aromatic rings. The molecule has 7 heteroatoms. The summed E-state index contributed by atoms with van der Waals surface area (Å²) in [7, 11) is 1.77. The summed E-state index contributed by atoms with van der Waals surface area (Å²) in [5, 5.41) is 22.4. The van der Waals surface area contributed by atoms with Gasteiger partial charge in [-0.2, -0.15) is 5.26 Å². The molecular formula is C15H18N4O3. The third-order valence-electron chi connectivity index (χ3n) is 2.93. The van der Waals surface area contributed by atoms with Crippen LogP contribution in [-0.4, -0.2) is 29.3 Å². The second-order valence-electron chi connectivity index (χ2n) is 4.72. The van der Waals surface area contributed by atoms with Gasteiger partial charge < -0.3 is 10.2 Å². The monoisotopic (exact) mass is 302 g/mol. The highest BCUT2D eigenvalue weighted by molar-refractivity contribution is 6.07. The van der Waals surface area contributed by atoms with Crippen molar-refractivity contribution in [3.63, 3.8) is 0 Å². The minimum atomic E-state index is -0.667. The van der Waals surface area contributed by atoms with Gasteiger partial charge >= 0.3 is 0 Å². The Labute approximate surface area is 129 Å². The van der Waals surface area contributed by atoms with Crippen molar-refractivity contribution >= 4 is 17.3 Å². The Morgan fingerprint density at radius 2 is 2.18 bits per heavy atom. The fraction of sp³-hybridized carbons (Fsp3) is 0.333. The van der Waals surface area contributed by atoms with Crippen molar-refractivity contribution in [1.82, 2.24) is 4.90 Å². The molecule has 0 aliphatic rings. The molecule has 116 valence electrons. The summed E-state index contributed by atoms with van der Waals surface area (Å²) in [6, 6.07) is 7.61. The molecular weight excluding hydrogens is 284 g/mol. The Morgan fingerprint density at radius 3 is 2.77 bits per heavy atom. The summed E-state index contributed by atoms with van der Waals surface area (Å²) in [6.07, 6.45) is 3.39. The summed E-state index contributed by atoms with van der Waals surface area (Å²) in [4.78, 5) is 24.1. The smallest absolute Gasteiger partial charge is 0.292 e. The molecule has 0 bridgehead atoms. The highest BCUT2D eigenvalue weighted by Gasteiger charge is 2.17. The van der Waals surface area contributed by atoms with Gasteiger partial charge in [0.15, 0.2) is 0 Å². The zero-order valence-electron chi connectivity index (χ0n) is 12.6. The van der Waals surface area contributed by atoms with Crippen LogP contribution in [-0.2, 0) is 4.79 Å². The number of anilines is 1. The van der Waals surface area contributed by atoms with E-state index in [-0.39, 0.29) is 16.9 Å². The molecule has 0 radical (unpaired) electrons. The minimum Gasteiger partial charge on any atom is -0.379 e. The van der Waals surface area contributed by atoms with Gasteiger partial charge in [-0.3, -0.25) is 14.9 Å². The maximum absolute atomic E-state index is 12.1. The number of nitro benzene ring substituents is 1. The van der Waals surface area contributed by atoms with E-state index in [4.69, 9.17) is 5.26 Å². The summed E-state index contributed by atoms with van der Waals surface area (Å²) in [5.74, 6) is -0.667. The Hall–Kier alpha value is -2.88. The van der Waals surface area contributed by atoms with Crippen LogP contribution < -0.4 is 5.32 Å². The van der Waals surface area contributed by atoms with Crippen molar-refractivity contribution in [2.24, 2.45) is 0 Å². The number of hydrogen-bond donors (Lipinski definition) is 1. The van der Waals surface area contributed by atoms with Crippen LogP contribution in [0.2, 0.25) is 0 Å². The fourth-order valence-electron chi connectivity index (χ4n) is 1.76. The van der Waals surface area contributed by atoms with E-state index in [0.29, 0.717) is 0 Å². The number of amides is 1. The first-order valence-corrected chi connectivity index (χ1v) is 6.86. The lowest BCUT2D eigenvalue weighted by Gasteiger charge is -2.14. The van der Waals surface area contributed by atoms with E-state index in [0.717, 1.165) is 19.4 Å². The van der Waals surface area contributed by atoms with E-state index in [1.54, 1.807) is 18.0 Å². The number of rotatable bonds is 7. The number of hydrogen-bond acceptors (Lipinski definition) is 5. The van der Waals surface area contributed by atoms with E-state index in [2.05, 4.69) is 5.32 Å². The largest absolute Gasteiger partial charge is 0.379 e. The Morgan fingerprint density at radius 1 is 1.50 bits per heavy atom. The van der Waals surface area contributed by atoms with Crippen molar-refractivity contribution < 1.29 is 9.72 Å². The average Bonchev–Trinajstić information content (AvgIpc) is 2.50. The van der Waals surface area contributed by atoms with Crippen molar-refractivity contribution in [1.29, 1.82) is 5.26 Å². The number of benzene rings is 1. The van der Waals surface area contributed by atoms with Crippen LogP contribution in [0.4, 0.5) is 11.4 Å². The number of para-hydroxylation sites is 2. The van der Waals surface area contributed by atoms with Gasteiger partial charge in [-0.05, 0) is 12.5 Å². The van der Waals surface area contributed by atoms with E-state index in [1.165, 1.54) is 24.4 Å². The van der Waals surface area contributed by atoms with E-state index < -0.39 is 10.8 Å². The summed E-state index contributed by atoms with van der Waals surface area (Å²) in [5.41, 5.74) is -0.251. The van der Waals surface area contributed by atoms with Crippen LogP contribution in [0.1, 0.15) is 19.8 Å². The number of carbonyl (C=O) groups excluding carboxylic acids is 1. The zero-order chi connectivity index (χ0) is 16.5. The molecule has 1 N–H and O–H groups in total. The Balaban J connectivity index is 2.89. The molecule has 0 aliphatic carbocycles. The summed E-state index contributed by atoms with van der Waals surface area (Å²) >= 11 is 0. The van der Waals surface area contributed by atoms with Gasteiger partial charge in [-0.25, -0.2) is 0 Å². The number of carbonyl (C=O) groups is 1. The molecule has 1 aromatic carbocycles. The number of unbranched alkanes of at least 4 members (excludes halogenated alkanes) is 1. The zero-order valence-corrected chi connectivity index (χ0v) is 12.6. The second-order valence-corrected chi connectivity index (χ2v) is 4.72. The third kappa shape index (κ3) is 4.90. The molecule has 0 saturated carbocycles. The fourth-order valence-corrected chi connectivity index (χ4v) is 1.76. The molecule has 1 rings (SSSR count). The lowest BCUT2D eigenvalue weighted by atomic mass is 10.2. The van der Waals surface area contributed by atoms with E-state index in [9.17, 15) is 14.9 Å². The first-order valence-electron chi connectivity index (χ1n) is 6.86. The van der Waals surface area contributed by atoms with Crippen molar-refractivity contribution in [3.05, 3.63) is 46.2 Å². The predicted molar refractivity (Wildman–Crippen MR) is 83.0 cm³/mol. The highest BCUT2D eigenvalue weighted by Crippen LogP contribution is 2.23. The molecule has 1 amide bonds. The van der Waals surface area contributed by atoms with Gasteiger partial charge in [0.25, 0.3) is 11.6 Å². The van der Waals surface area contributed by atoms with Crippen LogP contribution >= 0.6 is 0 Å². The van der Waals surface area contributed by atoms with Crippen molar-refractivity contribution in [3.8, 4) is 6.07 Å². The topological polar surface area (TPSA) is 99.3 Å². The molecule has 7 nitrogen and oxygen atoms in total. The van der Waals surface area contributed by atoms with Crippen LogP contribution in [0.5, 0.6) is 0 Å². The van der Waals surface area contributed by atoms with Crippen LogP contribution in [0.3, 0.4) is 0 Å². The molecule has 0 aromatic heterocycles. The molecule has 0 saturated heterocycles. The van der Waals surface area contributed by atoms with Gasteiger partial charge in [0.2, 0.25) is 0 Å². The van der Waals surface area contributed by atoms with E-state index >= 15 is 0 Å². The molecule has 0 aliphatic heterocycles. The number of nitriles is 1. The molecule has 0 unspecified atom stereocenters. The third-order valence-corrected chi connectivity index (χ3v) is 2.93. The number of nitro groups is 1. The highest BCUT2D eigenvalue weighted by atomic mass is 16.6. The van der Waals surface area contributed by atoms with Gasteiger partial charge in [-0.15, -0.1) is 0 Å². The van der Waals surface area contributed by atoms with Crippen LogP contribution in [0.15, 0.2) is 36.0 Å². The maximum Gasteiger partial charge on any atom is 0.292 e. The first kappa shape index (κ1) is 17.2. The van der Waals surface area contributed by atoms with Gasteiger partial charge in [0.05, 0.1) is 4.92 Å². The Kier molecular flexibility index (Phi) is 6.57. The number of nitrogens with zero attached hydrogens (tertiary/aromatic N) is 3. The SMILES string of the molecule is CCCCN(C)/C=C(/C#N)C(=O)Nc1ccccc1[N+](=O)[O-]. The van der Waals surface area contributed by atoms with Gasteiger partial charge in [-0.1, -0.05) is 25.5 Å². The average molecular weight is 302 g/mol. The lowest BCUT2D eigenvalue weighted by molar-refractivity contribution is -0.383. The molecule has 0 heterocycles. The lowest BCUT2D eigenvalue weighted by Crippen LogP contribution is -2.19. The molecule has 0 atom stereocenters. The predicted octanol–water partition coefficient (Wildman–Crippen LogP) is 2.67.